The van der Waals surface area contributed by atoms with Crippen LogP contribution < -0.4 is 10.9 Å². The van der Waals surface area contributed by atoms with Crippen LogP contribution in [0.25, 0.3) is 0 Å². The van der Waals surface area contributed by atoms with Crippen molar-refractivity contribution in [2.24, 2.45) is 7.05 Å². The van der Waals surface area contributed by atoms with Gasteiger partial charge in [0.15, 0.2) is 0 Å². The standard InChI is InChI=1S/C12H11N3O2/c1-15-7-3-5-10(12(15)17)11(16)14-9-4-2-6-13-8-9/h2-8H,1H3,(H,14,16). The van der Waals surface area contributed by atoms with Gasteiger partial charge in [0.25, 0.3) is 11.5 Å². The number of carbonyl (C=O) groups excluding carboxylic acids is 1. The average molecular weight is 229 g/mol. The number of nitrogens with one attached hydrogen (secondary N) is 1. The van der Waals surface area contributed by atoms with Crippen molar-refractivity contribution >= 4 is 11.6 Å². The van der Waals surface area contributed by atoms with Crippen LogP contribution in [0.1, 0.15) is 10.4 Å². The third-order valence-corrected chi connectivity index (χ3v) is 2.29. The third-order valence-electron chi connectivity index (χ3n) is 2.29. The lowest BCUT2D eigenvalue weighted by atomic mass is 10.2. The molecule has 2 rings (SSSR count). The molecule has 0 spiro atoms. The van der Waals surface area contributed by atoms with Crippen LogP contribution in [0.5, 0.6) is 0 Å². The maximum atomic E-state index is 11.8. The minimum Gasteiger partial charge on any atom is -0.320 e. The summed E-state index contributed by atoms with van der Waals surface area (Å²) >= 11 is 0. The zero-order chi connectivity index (χ0) is 12.3. The average Bonchev–Trinajstić information content (AvgIpc) is 2.34. The van der Waals surface area contributed by atoms with Crippen LogP contribution in [0, 0.1) is 0 Å². The van der Waals surface area contributed by atoms with Crippen molar-refractivity contribution in [3.05, 3.63) is 58.8 Å². The Kier molecular flexibility index (Phi) is 3.00. The number of amides is 1. The summed E-state index contributed by atoms with van der Waals surface area (Å²) < 4.78 is 1.36. The van der Waals surface area contributed by atoms with Gasteiger partial charge in [-0.2, -0.15) is 0 Å². The smallest absolute Gasteiger partial charge is 0.263 e. The zero-order valence-electron chi connectivity index (χ0n) is 9.25. The molecule has 86 valence electrons. The van der Waals surface area contributed by atoms with Crippen molar-refractivity contribution in [3.8, 4) is 0 Å². The van der Waals surface area contributed by atoms with E-state index in [4.69, 9.17) is 0 Å². The molecule has 0 aliphatic rings. The highest BCUT2D eigenvalue weighted by atomic mass is 16.2. The van der Waals surface area contributed by atoms with Crippen LogP contribution >= 0.6 is 0 Å². The molecule has 0 aliphatic carbocycles. The number of aromatic nitrogens is 2. The van der Waals surface area contributed by atoms with E-state index in [-0.39, 0.29) is 11.1 Å². The van der Waals surface area contributed by atoms with Gasteiger partial charge in [0, 0.05) is 19.4 Å². The molecule has 1 amide bonds. The van der Waals surface area contributed by atoms with E-state index < -0.39 is 5.91 Å². The predicted octanol–water partition coefficient (Wildman–Crippen LogP) is 1.03. The lowest BCUT2D eigenvalue weighted by Crippen LogP contribution is -2.27. The molecule has 5 nitrogen and oxygen atoms in total. The van der Waals surface area contributed by atoms with Gasteiger partial charge in [-0.1, -0.05) is 0 Å². The first kappa shape index (κ1) is 11.1. The SMILES string of the molecule is Cn1cccc(C(=O)Nc2cccnc2)c1=O. The molecule has 17 heavy (non-hydrogen) atoms. The second-order valence-electron chi connectivity index (χ2n) is 3.53. The van der Waals surface area contributed by atoms with Crippen LogP contribution in [0.15, 0.2) is 47.7 Å². The fourth-order valence-corrected chi connectivity index (χ4v) is 1.41. The summed E-state index contributed by atoms with van der Waals surface area (Å²) in [5.41, 5.74) is 0.344. The van der Waals surface area contributed by atoms with Crippen molar-refractivity contribution in [1.82, 2.24) is 9.55 Å². The number of carbonyl (C=O) groups is 1. The van der Waals surface area contributed by atoms with Gasteiger partial charge in [-0.3, -0.25) is 14.6 Å². The van der Waals surface area contributed by atoms with Crippen LogP contribution in [0.4, 0.5) is 5.69 Å². The molecule has 0 aromatic carbocycles. The fraction of sp³-hybridized carbons (Fsp3) is 0.0833. The van der Waals surface area contributed by atoms with Crippen molar-refractivity contribution in [2.75, 3.05) is 5.32 Å². The Morgan fingerprint density at radius 3 is 2.88 bits per heavy atom. The van der Waals surface area contributed by atoms with E-state index in [0.29, 0.717) is 5.69 Å². The number of pyridine rings is 2. The summed E-state index contributed by atoms with van der Waals surface area (Å²) in [6, 6.07) is 6.56. The Balaban J connectivity index is 2.27. The number of aryl methyl sites for hydroxylation is 1. The first-order valence-electron chi connectivity index (χ1n) is 5.05. The van der Waals surface area contributed by atoms with Crippen molar-refractivity contribution in [3.63, 3.8) is 0 Å². The molecule has 0 radical (unpaired) electrons. The Morgan fingerprint density at radius 2 is 2.18 bits per heavy atom. The minimum atomic E-state index is -0.431. The summed E-state index contributed by atoms with van der Waals surface area (Å²) in [7, 11) is 1.60. The molecule has 0 fully saturated rings. The fourth-order valence-electron chi connectivity index (χ4n) is 1.41. The van der Waals surface area contributed by atoms with E-state index in [1.165, 1.54) is 16.8 Å². The lowest BCUT2D eigenvalue weighted by molar-refractivity contribution is 0.102. The molecule has 0 saturated heterocycles. The molecule has 5 heteroatoms. The molecule has 0 aliphatic heterocycles. The van der Waals surface area contributed by atoms with Crippen LogP contribution in [-0.2, 0) is 7.05 Å². The Bertz CT molecular complexity index is 590. The van der Waals surface area contributed by atoms with Gasteiger partial charge in [0.2, 0.25) is 0 Å². The topological polar surface area (TPSA) is 64.0 Å². The molecule has 0 atom stereocenters. The molecule has 1 N–H and O–H groups in total. The second-order valence-corrected chi connectivity index (χ2v) is 3.53. The summed E-state index contributed by atoms with van der Waals surface area (Å²) in [5, 5.41) is 2.61. The molecule has 0 bridgehead atoms. The quantitative estimate of drug-likeness (QED) is 0.836. The largest absolute Gasteiger partial charge is 0.320 e. The maximum Gasteiger partial charge on any atom is 0.263 e. The normalized spacial score (nSPS) is 9.94. The summed E-state index contributed by atoms with van der Waals surface area (Å²) in [5.74, 6) is -0.431. The van der Waals surface area contributed by atoms with Gasteiger partial charge in [0.05, 0.1) is 11.9 Å². The van der Waals surface area contributed by atoms with Crippen LogP contribution in [-0.4, -0.2) is 15.5 Å². The molecule has 2 aromatic rings. The number of hydrogen-bond donors (Lipinski definition) is 1. The van der Waals surface area contributed by atoms with Crippen molar-refractivity contribution < 1.29 is 4.79 Å². The number of hydrogen-bond acceptors (Lipinski definition) is 3. The monoisotopic (exact) mass is 229 g/mol. The highest BCUT2D eigenvalue weighted by Gasteiger charge is 2.10. The van der Waals surface area contributed by atoms with Crippen molar-refractivity contribution in [2.45, 2.75) is 0 Å². The maximum absolute atomic E-state index is 11.8. The number of nitrogens with zero attached hydrogens (tertiary/aromatic N) is 2. The third kappa shape index (κ3) is 2.39. The highest BCUT2D eigenvalue weighted by Crippen LogP contribution is 2.04. The van der Waals surface area contributed by atoms with E-state index in [0.717, 1.165) is 0 Å². The second kappa shape index (κ2) is 4.61. The van der Waals surface area contributed by atoms with E-state index >= 15 is 0 Å². The van der Waals surface area contributed by atoms with Gasteiger partial charge in [0.1, 0.15) is 5.56 Å². The molecule has 0 unspecified atom stereocenters. The predicted molar refractivity (Wildman–Crippen MR) is 63.9 cm³/mol. The Hall–Kier alpha value is -2.43. The molecular weight excluding hydrogens is 218 g/mol. The van der Waals surface area contributed by atoms with Gasteiger partial charge >= 0.3 is 0 Å². The Morgan fingerprint density at radius 1 is 1.35 bits per heavy atom. The van der Waals surface area contributed by atoms with Gasteiger partial charge in [-0.25, -0.2) is 0 Å². The highest BCUT2D eigenvalue weighted by molar-refractivity contribution is 6.03. The zero-order valence-corrected chi connectivity index (χ0v) is 9.25. The van der Waals surface area contributed by atoms with Crippen molar-refractivity contribution in [1.29, 1.82) is 0 Å². The molecule has 2 aromatic heterocycles. The van der Waals surface area contributed by atoms with E-state index in [2.05, 4.69) is 10.3 Å². The lowest BCUT2D eigenvalue weighted by Gasteiger charge is -2.04. The van der Waals surface area contributed by atoms with Crippen LogP contribution in [0.3, 0.4) is 0 Å². The first-order valence-corrected chi connectivity index (χ1v) is 5.05. The minimum absolute atomic E-state index is 0.110. The molecule has 0 saturated carbocycles. The summed E-state index contributed by atoms with van der Waals surface area (Å²) in [4.78, 5) is 27.4. The van der Waals surface area contributed by atoms with Gasteiger partial charge in [-0.15, -0.1) is 0 Å². The first-order chi connectivity index (χ1) is 8.18. The Labute approximate surface area is 97.7 Å². The number of rotatable bonds is 2. The van der Waals surface area contributed by atoms with E-state index in [1.54, 1.807) is 37.6 Å². The molecule has 2 heterocycles. The van der Waals surface area contributed by atoms with Gasteiger partial charge in [-0.05, 0) is 24.3 Å². The molecular formula is C12H11N3O2. The van der Waals surface area contributed by atoms with Crippen LogP contribution in [0.2, 0.25) is 0 Å². The number of anilines is 1. The van der Waals surface area contributed by atoms with Gasteiger partial charge < -0.3 is 9.88 Å². The summed E-state index contributed by atoms with van der Waals surface area (Å²) in [6.07, 6.45) is 4.73. The summed E-state index contributed by atoms with van der Waals surface area (Å²) in [6.45, 7) is 0. The van der Waals surface area contributed by atoms with E-state index in [9.17, 15) is 9.59 Å². The van der Waals surface area contributed by atoms with E-state index in [1.807, 2.05) is 0 Å².